The summed E-state index contributed by atoms with van der Waals surface area (Å²) in [6.07, 6.45) is 0. The van der Waals surface area contributed by atoms with Crippen LogP contribution >= 0.6 is 11.8 Å². The lowest BCUT2D eigenvalue weighted by Crippen LogP contribution is -1.97. The summed E-state index contributed by atoms with van der Waals surface area (Å²) in [7, 11) is 3.31. The molecule has 2 aromatic heterocycles. The number of thioether (sulfide) groups is 1. The third kappa shape index (κ3) is 3.24. The van der Waals surface area contributed by atoms with Gasteiger partial charge in [-0.2, -0.15) is 4.98 Å². The Labute approximate surface area is 138 Å². The summed E-state index contributed by atoms with van der Waals surface area (Å²) in [4.78, 5) is 8.88. The number of aromatic nitrogens is 4. The van der Waals surface area contributed by atoms with Crippen LogP contribution in [0.4, 0.5) is 0 Å². The Hall–Kier alpha value is -2.28. The third-order valence-electron chi connectivity index (χ3n) is 3.44. The molecule has 7 heteroatoms. The number of ether oxygens (including phenoxy) is 2. The van der Waals surface area contributed by atoms with Crippen molar-refractivity contribution in [3.05, 3.63) is 41.2 Å². The third-order valence-corrected chi connectivity index (χ3v) is 4.33. The molecule has 0 bridgehead atoms. The van der Waals surface area contributed by atoms with Crippen LogP contribution in [-0.2, 0) is 5.75 Å². The van der Waals surface area contributed by atoms with Crippen LogP contribution in [-0.4, -0.2) is 33.8 Å². The van der Waals surface area contributed by atoms with E-state index in [1.54, 1.807) is 30.5 Å². The Bertz CT molecular complexity index is 847. The van der Waals surface area contributed by atoms with Gasteiger partial charge in [-0.3, -0.25) is 0 Å². The molecule has 0 aliphatic carbocycles. The number of hydrogen-bond donors (Lipinski definition) is 0. The van der Waals surface area contributed by atoms with Crippen LogP contribution in [0.15, 0.2) is 29.4 Å². The zero-order valence-corrected chi connectivity index (χ0v) is 14.3. The van der Waals surface area contributed by atoms with Crippen molar-refractivity contribution in [3.63, 3.8) is 0 Å². The van der Waals surface area contributed by atoms with Crippen LogP contribution in [0.25, 0.3) is 5.78 Å². The minimum Gasteiger partial charge on any atom is -0.497 e. The molecule has 0 atom stereocenters. The Kier molecular flexibility index (Phi) is 4.38. The molecule has 0 unspecified atom stereocenters. The maximum Gasteiger partial charge on any atom is 0.253 e. The van der Waals surface area contributed by atoms with Crippen molar-refractivity contribution in [3.8, 4) is 11.5 Å². The lowest BCUT2D eigenvalue weighted by Gasteiger charge is -2.09. The standard InChI is InChI=1S/C16H18N4O2S/c1-10-7-11(2)20-15(17-10)18-16(19-20)23-9-12-8-13(21-3)5-6-14(12)22-4/h5-8H,9H2,1-4H3. The zero-order chi connectivity index (χ0) is 16.4. The fourth-order valence-electron chi connectivity index (χ4n) is 2.35. The van der Waals surface area contributed by atoms with Gasteiger partial charge in [0.05, 0.1) is 14.2 Å². The maximum atomic E-state index is 5.40. The summed E-state index contributed by atoms with van der Waals surface area (Å²) >= 11 is 1.54. The van der Waals surface area contributed by atoms with Gasteiger partial charge < -0.3 is 9.47 Å². The van der Waals surface area contributed by atoms with Crippen LogP contribution in [0.3, 0.4) is 0 Å². The van der Waals surface area contributed by atoms with E-state index in [9.17, 15) is 0 Å². The first-order valence-corrected chi connectivity index (χ1v) is 8.14. The SMILES string of the molecule is COc1ccc(OC)c(CSc2nc3nc(C)cc(C)n3n2)c1. The highest BCUT2D eigenvalue weighted by atomic mass is 32.2. The topological polar surface area (TPSA) is 61.5 Å². The molecule has 6 nitrogen and oxygen atoms in total. The van der Waals surface area contributed by atoms with E-state index in [1.807, 2.05) is 38.1 Å². The second-order valence-corrected chi connectivity index (χ2v) is 6.05. The van der Waals surface area contributed by atoms with Crippen LogP contribution in [0.5, 0.6) is 11.5 Å². The summed E-state index contributed by atoms with van der Waals surface area (Å²) in [6, 6.07) is 7.74. The summed E-state index contributed by atoms with van der Waals surface area (Å²) in [5, 5.41) is 5.19. The van der Waals surface area contributed by atoms with Gasteiger partial charge in [0.2, 0.25) is 5.16 Å². The molecule has 2 heterocycles. The molecule has 0 amide bonds. The van der Waals surface area contributed by atoms with Crippen molar-refractivity contribution >= 4 is 17.5 Å². The number of fused-ring (bicyclic) bond motifs is 1. The number of benzene rings is 1. The number of hydrogen-bond acceptors (Lipinski definition) is 6. The number of methoxy groups -OCH3 is 2. The predicted molar refractivity (Wildman–Crippen MR) is 89.4 cm³/mol. The summed E-state index contributed by atoms with van der Waals surface area (Å²) in [5.74, 6) is 2.95. The quantitative estimate of drug-likeness (QED) is 0.670. The Balaban J connectivity index is 1.84. The summed E-state index contributed by atoms with van der Waals surface area (Å²) in [6.45, 7) is 3.95. The molecule has 0 spiro atoms. The second kappa shape index (κ2) is 6.45. The molecule has 23 heavy (non-hydrogen) atoms. The average molecular weight is 330 g/mol. The van der Waals surface area contributed by atoms with E-state index in [4.69, 9.17) is 9.47 Å². The molecule has 0 aliphatic heterocycles. The molecule has 0 saturated carbocycles. The van der Waals surface area contributed by atoms with Gasteiger partial charge in [0.1, 0.15) is 11.5 Å². The Morgan fingerprint density at radius 2 is 1.91 bits per heavy atom. The lowest BCUT2D eigenvalue weighted by molar-refractivity contribution is 0.400. The normalized spacial score (nSPS) is 11.0. The van der Waals surface area contributed by atoms with E-state index in [0.717, 1.165) is 28.5 Å². The van der Waals surface area contributed by atoms with Crippen molar-refractivity contribution in [2.45, 2.75) is 24.8 Å². The second-order valence-electron chi connectivity index (χ2n) is 5.11. The van der Waals surface area contributed by atoms with Crippen molar-refractivity contribution < 1.29 is 9.47 Å². The van der Waals surface area contributed by atoms with E-state index in [-0.39, 0.29) is 0 Å². The van der Waals surface area contributed by atoms with Gasteiger partial charge >= 0.3 is 0 Å². The van der Waals surface area contributed by atoms with Crippen LogP contribution in [0.2, 0.25) is 0 Å². The Morgan fingerprint density at radius 3 is 2.65 bits per heavy atom. The average Bonchev–Trinajstić information content (AvgIpc) is 2.95. The van der Waals surface area contributed by atoms with Gasteiger partial charge in [-0.1, -0.05) is 11.8 Å². The molecule has 1 aromatic carbocycles. The highest BCUT2D eigenvalue weighted by Crippen LogP contribution is 2.29. The van der Waals surface area contributed by atoms with E-state index < -0.39 is 0 Å². The zero-order valence-electron chi connectivity index (χ0n) is 13.5. The van der Waals surface area contributed by atoms with E-state index in [2.05, 4.69) is 15.1 Å². The van der Waals surface area contributed by atoms with Gasteiger partial charge in [0, 0.05) is 22.7 Å². The minimum absolute atomic E-state index is 0.627. The first kappa shape index (κ1) is 15.6. The highest BCUT2D eigenvalue weighted by Gasteiger charge is 2.11. The van der Waals surface area contributed by atoms with E-state index in [1.165, 1.54) is 0 Å². The number of aryl methyl sites for hydroxylation is 2. The van der Waals surface area contributed by atoms with Crippen molar-refractivity contribution in [1.29, 1.82) is 0 Å². The fraction of sp³-hybridized carbons (Fsp3) is 0.312. The van der Waals surface area contributed by atoms with Gasteiger partial charge in [0.15, 0.2) is 0 Å². The summed E-state index contributed by atoms with van der Waals surface area (Å²) < 4.78 is 12.4. The van der Waals surface area contributed by atoms with Crippen molar-refractivity contribution in [2.24, 2.45) is 0 Å². The van der Waals surface area contributed by atoms with Crippen LogP contribution in [0.1, 0.15) is 17.0 Å². The maximum absolute atomic E-state index is 5.40. The molecule has 120 valence electrons. The first-order valence-electron chi connectivity index (χ1n) is 7.15. The minimum atomic E-state index is 0.627. The lowest BCUT2D eigenvalue weighted by atomic mass is 10.2. The van der Waals surface area contributed by atoms with E-state index in [0.29, 0.717) is 16.7 Å². The molecule has 0 fully saturated rings. The molecule has 0 aliphatic rings. The molecule has 0 radical (unpaired) electrons. The van der Waals surface area contributed by atoms with Crippen LogP contribution in [0, 0.1) is 13.8 Å². The molecular weight excluding hydrogens is 312 g/mol. The first-order chi connectivity index (χ1) is 11.1. The van der Waals surface area contributed by atoms with Crippen molar-refractivity contribution in [2.75, 3.05) is 14.2 Å². The van der Waals surface area contributed by atoms with E-state index >= 15 is 0 Å². The number of rotatable bonds is 5. The monoisotopic (exact) mass is 330 g/mol. The summed E-state index contributed by atoms with van der Waals surface area (Å²) in [5.41, 5.74) is 3.00. The fourth-order valence-corrected chi connectivity index (χ4v) is 3.14. The molecule has 3 aromatic rings. The number of nitrogens with zero attached hydrogens (tertiary/aromatic N) is 4. The van der Waals surface area contributed by atoms with Gasteiger partial charge in [0.25, 0.3) is 5.78 Å². The predicted octanol–water partition coefficient (Wildman–Crippen LogP) is 3.05. The van der Waals surface area contributed by atoms with Gasteiger partial charge in [-0.15, -0.1) is 5.10 Å². The van der Waals surface area contributed by atoms with Crippen molar-refractivity contribution in [1.82, 2.24) is 19.6 Å². The Morgan fingerprint density at radius 1 is 1.09 bits per heavy atom. The molecule has 0 N–H and O–H groups in total. The molecule has 0 saturated heterocycles. The van der Waals surface area contributed by atoms with Gasteiger partial charge in [-0.05, 0) is 38.1 Å². The molecule has 3 rings (SSSR count). The van der Waals surface area contributed by atoms with Gasteiger partial charge in [-0.25, -0.2) is 9.50 Å². The van der Waals surface area contributed by atoms with Crippen LogP contribution < -0.4 is 9.47 Å². The highest BCUT2D eigenvalue weighted by molar-refractivity contribution is 7.98. The molecular formula is C16H18N4O2S. The largest absolute Gasteiger partial charge is 0.497 e. The smallest absolute Gasteiger partial charge is 0.253 e.